The maximum atomic E-state index is 10.4. The summed E-state index contributed by atoms with van der Waals surface area (Å²) in [6.07, 6.45) is 3.56. The van der Waals surface area contributed by atoms with E-state index in [0.717, 1.165) is 12.2 Å². The van der Waals surface area contributed by atoms with Gasteiger partial charge in [-0.1, -0.05) is 19.8 Å². The summed E-state index contributed by atoms with van der Waals surface area (Å²) >= 11 is 1.69. The van der Waals surface area contributed by atoms with Crippen molar-refractivity contribution in [1.29, 1.82) is 0 Å². The molecule has 0 saturated carbocycles. The second-order valence-corrected chi connectivity index (χ2v) is 5.72. The predicted octanol–water partition coefficient (Wildman–Crippen LogP) is 1.35. The van der Waals surface area contributed by atoms with Crippen LogP contribution in [0.5, 0.6) is 0 Å². The number of unbranched alkanes of at least 4 members (excludes halogenated alkanes) is 2. The molecule has 0 aromatic rings. The molecule has 5 nitrogen and oxygen atoms in total. The lowest BCUT2D eigenvalue weighted by molar-refractivity contribution is 0.190. The van der Waals surface area contributed by atoms with Crippen molar-refractivity contribution in [3.8, 4) is 0 Å². The first-order chi connectivity index (χ1) is 6.95. The van der Waals surface area contributed by atoms with Gasteiger partial charge in [-0.25, -0.2) is 4.57 Å². The third kappa shape index (κ3) is 12.4. The van der Waals surface area contributed by atoms with Crippen molar-refractivity contribution in [3.63, 3.8) is 0 Å². The standard InChI is InChI=1S/C8H20NO4PS/c1-2-3-4-5-15-7-8(9)6-13-14(10,11)12/h8H,2-7,9H2,1H3,(H2,10,11,12)/t8-/m0/s1. The molecular formula is C8H20NO4PS. The molecule has 4 N–H and O–H groups in total. The molecule has 0 unspecified atom stereocenters. The highest BCUT2D eigenvalue weighted by Crippen LogP contribution is 2.35. The van der Waals surface area contributed by atoms with Crippen LogP contribution in [0.15, 0.2) is 0 Å². The fourth-order valence-corrected chi connectivity index (χ4v) is 2.29. The highest BCUT2D eigenvalue weighted by Gasteiger charge is 2.15. The van der Waals surface area contributed by atoms with Gasteiger partial charge in [0.1, 0.15) is 0 Å². The molecular weight excluding hydrogens is 237 g/mol. The minimum Gasteiger partial charge on any atom is -0.325 e. The van der Waals surface area contributed by atoms with Crippen molar-refractivity contribution in [1.82, 2.24) is 0 Å². The Hall–Kier alpha value is 0.420. The summed E-state index contributed by atoms with van der Waals surface area (Å²) in [4.78, 5) is 16.9. The largest absolute Gasteiger partial charge is 0.469 e. The van der Waals surface area contributed by atoms with Crippen molar-refractivity contribution in [2.24, 2.45) is 5.73 Å². The Labute approximate surface area is 95.0 Å². The molecule has 0 amide bonds. The second-order valence-electron chi connectivity index (χ2n) is 3.33. The number of hydrogen-bond donors (Lipinski definition) is 3. The molecule has 0 saturated heterocycles. The topological polar surface area (TPSA) is 92.8 Å². The molecule has 0 heterocycles. The van der Waals surface area contributed by atoms with Crippen LogP contribution in [-0.4, -0.2) is 33.9 Å². The first kappa shape index (κ1) is 15.4. The van der Waals surface area contributed by atoms with Crippen LogP contribution in [0.4, 0.5) is 0 Å². The molecule has 15 heavy (non-hydrogen) atoms. The summed E-state index contributed by atoms with van der Waals surface area (Å²) < 4.78 is 14.7. The lowest BCUT2D eigenvalue weighted by Gasteiger charge is -2.11. The zero-order valence-corrected chi connectivity index (χ0v) is 10.7. The van der Waals surface area contributed by atoms with Crippen LogP contribution in [0.3, 0.4) is 0 Å². The first-order valence-corrected chi connectivity index (χ1v) is 7.67. The highest BCUT2D eigenvalue weighted by molar-refractivity contribution is 7.99. The number of hydrogen-bond acceptors (Lipinski definition) is 4. The SMILES string of the molecule is CCCCCSC[C@@H](N)COP(=O)(O)O. The molecule has 0 radical (unpaired) electrons. The van der Waals surface area contributed by atoms with Gasteiger partial charge in [-0.05, 0) is 12.2 Å². The number of phosphoric acid groups is 1. The van der Waals surface area contributed by atoms with E-state index >= 15 is 0 Å². The molecule has 0 aromatic carbocycles. The molecule has 0 aliphatic carbocycles. The molecule has 0 spiro atoms. The van der Waals surface area contributed by atoms with Crippen LogP contribution in [0.1, 0.15) is 26.2 Å². The van der Waals surface area contributed by atoms with Gasteiger partial charge in [0.2, 0.25) is 0 Å². The Kier molecular flexibility index (Phi) is 8.80. The van der Waals surface area contributed by atoms with E-state index in [-0.39, 0.29) is 12.6 Å². The van der Waals surface area contributed by atoms with Gasteiger partial charge < -0.3 is 15.5 Å². The van der Waals surface area contributed by atoms with Crippen molar-refractivity contribution >= 4 is 19.6 Å². The zero-order chi connectivity index (χ0) is 11.7. The monoisotopic (exact) mass is 257 g/mol. The van der Waals surface area contributed by atoms with Gasteiger partial charge in [0.25, 0.3) is 0 Å². The minimum absolute atomic E-state index is 0.0922. The Morgan fingerprint density at radius 2 is 2.13 bits per heavy atom. The van der Waals surface area contributed by atoms with Crippen molar-refractivity contribution in [3.05, 3.63) is 0 Å². The predicted molar refractivity (Wildman–Crippen MR) is 62.8 cm³/mol. The van der Waals surface area contributed by atoms with E-state index < -0.39 is 7.82 Å². The van der Waals surface area contributed by atoms with Crippen molar-refractivity contribution in [2.75, 3.05) is 18.1 Å². The Morgan fingerprint density at radius 3 is 2.67 bits per heavy atom. The highest BCUT2D eigenvalue weighted by atomic mass is 32.2. The average molecular weight is 257 g/mol. The van der Waals surface area contributed by atoms with Crippen LogP contribution < -0.4 is 5.73 Å². The second kappa shape index (κ2) is 8.56. The summed E-state index contributed by atoms with van der Waals surface area (Å²) in [5, 5.41) is 0. The van der Waals surface area contributed by atoms with Crippen LogP contribution in [0.25, 0.3) is 0 Å². The fourth-order valence-electron chi connectivity index (χ4n) is 0.930. The number of thioether (sulfide) groups is 1. The van der Waals surface area contributed by atoms with Crippen LogP contribution >= 0.6 is 19.6 Å². The third-order valence-electron chi connectivity index (χ3n) is 1.68. The number of rotatable bonds is 9. The normalized spacial score (nSPS) is 14.1. The molecule has 1 atom stereocenters. The molecule has 0 aliphatic rings. The molecule has 0 rings (SSSR count). The van der Waals surface area contributed by atoms with Crippen molar-refractivity contribution < 1.29 is 18.9 Å². The number of nitrogens with two attached hydrogens (primary N) is 1. The smallest absolute Gasteiger partial charge is 0.325 e. The molecule has 92 valence electrons. The maximum Gasteiger partial charge on any atom is 0.469 e. The molecule has 0 fully saturated rings. The summed E-state index contributed by atoms with van der Waals surface area (Å²) in [7, 11) is -4.36. The van der Waals surface area contributed by atoms with Crippen LogP contribution in [0.2, 0.25) is 0 Å². The summed E-state index contributed by atoms with van der Waals surface area (Å²) in [5.74, 6) is 1.71. The fraction of sp³-hybridized carbons (Fsp3) is 1.00. The van der Waals surface area contributed by atoms with Gasteiger partial charge in [0.05, 0.1) is 6.61 Å². The van der Waals surface area contributed by atoms with Gasteiger partial charge in [-0.3, -0.25) is 4.52 Å². The van der Waals surface area contributed by atoms with E-state index in [0.29, 0.717) is 5.75 Å². The van der Waals surface area contributed by atoms with E-state index in [1.165, 1.54) is 12.8 Å². The van der Waals surface area contributed by atoms with Gasteiger partial charge in [-0.15, -0.1) is 0 Å². The van der Waals surface area contributed by atoms with Crippen molar-refractivity contribution in [2.45, 2.75) is 32.2 Å². The van der Waals surface area contributed by atoms with E-state index in [4.69, 9.17) is 15.5 Å². The molecule has 0 bridgehead atoms. The van der Waals surface area contributed by atoms with E-state index in [2.05, 4.69) is 11.4 Å². The summed E-state index contributed by atoms with van der Waals surface area (Å²) in [5.41, 5.74) is 5.61. The van der Waals surface area contributed by atoms with Gasteiger partial charge in [0.15, 0.2) is 0 Å². The van der Waals surface area contributed by atoms with Gasteiger partial charge in [-0.2, -0.15) is 11.8 Å². The summed E-state index contributed by atoms with van der Waals surface area (Å²) in [6, 6.07) is -0.316. The number of phosphoric ester groups is 1. The third-order valence-corrected chi connectivity index (χ3v) is 3.41. The lowest BCUT2D eigenvalue weighted by Crippen LogP contribution is -2.28. The first-order valence-electron chi connectivity index (χ1n) is 4.99. The Morgan fingerprint density at radius 1 is 1.47 bits per heavy atom. The average Bonchev–Trinajstić information content (AvgIpc) is 2.13. The van der Waals surface area contributed by atoms with Gasteiger partial charge in [0, 0.05) is 11.8 Å². The van der Waals surface area contributed by atoms with Gasteiger partial charge >= 0.3 is 7.82 Å². The summed E-state index contributed by atoms with van der Waals surface area (Å²) in [6.45, 7) is 2.05. The Bertz CT molecular complexity index is 199. The van der Waals surface area contributed by atoms with E-state index in [9.17, 15) is 4.57 Å². The lowest BCUT2D eigenvalue weighted by atomic mass is 10.3. The van der Waals surface area contributed by atoms with E-state index in [1.54, 1.807) is 11.8 Å². The minimum atomic E-state index is -4.36. The quantitative estimate of drug-likeness (QED) is 0.426. The van der Waals surface area contributed by atoms with Crippen LogP contribution in [-0.2, 0) is 9.09 Å². The molecule has 0 aromatic heterocycles. The zero-order valence-electron chi connectivity index (χ0n) is 8.96. The molecule has 7 heteroatoms. The van der Waals surface area contributed by atoms with Crippen LogP contribution in [0, 0.1) is 0 Å². The molecule has 0 aliphatic heterocycles. The van der Waals surface area contributed by atoms with E-state index in [1.807, 2.05) is 0 Å². The Balaban J connectivity index is 3.33. The maximum absolute atomic E-state index is 10.4.